The fourth-order valence-electron chi connectivity index (χ4n) is 2.64. The third-order valence-corrected chi connectivity index (χ3v) is 4.18. The van der Waals surface area contributed by atoms with Gasteiger partial charge in [0.15, 0.2) is 0 Å². The zero-order chi connectivity index (χ0) is 23.0. The average molecular weight is 444 g/mol. The second kappa shape index (κ2) is 14.3. The topological polar surface area (TPSA) is 115 Å². The molecule has 0 aromatic heterocycles. The highest BCUT2D eigenvalue weighted by Crippen LogP contribution is 2.05. The van der Waals surface area contributed by atoms with Crippen molar-refractivity contribution in [1.82, 2.24) is 16.0 Å². The van der Waals surface area contributed by atoms with E-state index in [1.807, 2.05) is 54.6 Å². The fraction of sp³-hybridized carbons (Fsp3) is 0.348. The van der Waals surface area contributed by atoms with Gasteiger partial charge in [-0.25, -0.2) is 14.4 Å². The number of amides is 3. The molecule has 2 aromatic carbocycles. The summed E-state index contributed by atoms with van der Waals surface area (Å²) in [6, 6.07) is 16.9. The maximum absolute atomic E-state index is 11.8. The lowest BCUT2D eigenvalue weighted by molar-refractivity contribution is 0.118. The number of carbonyl (C=O) groups excluding carboxylic acids is 3. The fourth-order valence-corrected chi connectivity index (χ4v) is 2.64. The molecule has 0 bridgehead atoms. The first-order valence-electron chi connectivity index (χ1n) is 10.4. The third-order valence-electron chi connectivity index (χ3n) is 4.18. The normalized spacial score (nSPS) is 10.0. The summed E-state index contributed by atoms with van der Waals surface area (Å²) in [6.07, 6.45) is -1.16. The van der Waals surface area contributed by atoms with Crippen molar-refractivity contribution in [2.24, 2.45) is 0 Å². The molecule has 2 aromatic rings. The van der Waals surface area contributed by atoms with Crippen LogP contribution in [0.25, 0.3) is 0 Å². The average Bonchev–Trinajstić information content (AvgIpc) is 2.81. The number of hydrogen-bond donors (Lipinski definition) is 3. The van der Waals surface area contributed by atoms with E-state index >= 15 is 0 Å². The molecule has 0 unspecified atom stereocenters. The molecule has 0 heterocycles. The van der Waals surface area contributed by atoms with E-state index in [1.165, 1.54) is 0 Å². The Morgan fingerprint density at radius 2 is 1.12 bits per heavy atom. The van der Waals surface area contributed by atoms with Crippen molar-refractivity contribution in [2.75, 3.05) is 19.8 Å². The lowest BCUT2D eigenvalue weighted by Gasteiger charge is -2.10. The molecule has 0 radical (unpaired) electrons. The molecule has 0 saturated carbocycles. The Labute approximate surface area is 187 Å². The maximum Gasteiger partial charge on any atom is 0.407 e. The van der Waals surface area contributed by atoms with E-state index in [1.54, 1.807) is 6.92 Å². The van der Waals surface area contributed by atoms with Crippen LogP contribution in [0.5, 0.6) is 0 Å². The van der Waals surface area contributed by atoms with E-state index in [-0.39, 0.29) is 19.8 Å². The molecular formula is C23H29N3O6. The zero-order valence-corrected chi connectivity index (χ0v) is 18.1. The molecule has 0 aliphatic rings. The summed E-state index contributed by atoms with van der Waals surface area (Å²) < 4.78 is 14.9. The van der Waals surface area contributed by atoms with Crippen molar-refractivity contribution < 1.29 is 28.6 Å². The van der Waals surface area contributed by atoms with Crippen molar-refractivity contribution in [1.29, 1.82) is 0 Å². The Morgan fingerprint density at radius 3 is 1.66 bits per heavy atom. The van der Waals surface area contributed by atoms with E-state index in [9.17, 15) is 14.4 Å². The summed E-state index contributed by atoms with van der Waals surface area (Å²) in [5.41, 5.74) is 2.72. The minimum atomic E-state index is -0.561. The first kappa shape index (κ1) is 24.5. The Bertz CT molecular complexity index is 860. The van der Waals surface area contributed by atoms with Crippen molar-refractivity contribution in [2.45, 2.75) is 33.0 Å². The van der Waals surface area contributed by atoms with Crippen LogP contribution < -0.4 is 16.0 Å². The van der Waals surface area contributed by atoms with Crippen LogP contribution in [0.1, 0.15) is 30.0 Å². The predicted octanol–water partition coefficient (Wildman–Crippen LogP) is 3.48. The van der Waals surface area contributed by atoms with Crippen LogP contribution in [-0.4, -0.2) is 38.1 Å². The Hall–Kier alpha value is -3.75. The van der Waals surface area contributed by atoms with Crippen LogP contribution in [0.2, 0.25) is 0 Å². The quantitative estimate of drug-likeness (QED) is 0.362. The summed E-state index contributed by atoms with van der Waals surface area (Å²) in [6.45, 7) is 3.32. The SMILES string of the molecule is CCOC(=O)NCc1cccc(CNC(=O)OCCCOC(=O)NCc2ccccc2)c1. The van der Waals surface area contributed by atoms with E-state index in [0.717, 1.165) is 16.7 Å². The first-order valence-corrected chi connectivity index (χ1v) is 10.4. The first-order chi connectivity index (χ1) is 15.6. The molecule has 3 amide bonds. The number of rotatable bonds is 11. The molecule has 172 valence electrons. The van der Waals surface area contributed by atoms with Crippen LogP contribution in [0.15, 0.2) is 54.6 Å². The van der Waals surface area contributed by atoms with Crippen LogP contribution >= 0.6 is 0 Å². The second-order valence-electron chi connectivity index (χ2n) is 6.71. The van der Waals surface area contributed by atoms with E-state index < -0.39 is 18.3 Å². The Morgan fingerprint density at radius 1 is 0.656 bits per heavy atom. The predicted molar refractivity (Wildman–Crippen MR) is 118 cm³/mol. The van der Waals surface area contributed by atoms with Gasteiger partial charge < -0.3 is 30.2 Å². The largest absolute Gasteiger partial charge is 0.450 e. The van der Waals surface area contributed by atoms with Crippen LogP contribution in [0, 0.1) is 0 Å². The van der Waals surface area contributed by atoms with Gasteiger partial charge in [-0.3, -0.25) is 0 Å². The monoisotopic (exact) mass is 443 g/mol. The summed E-state index contributed by atoms with van der Waals surface area (Å²) in [5, 5.41) is 7.95. The van der Waals surface area contributed by atoms with E-state index in [0.29, 0.717) is 26.1 Å². The third kappa shape index (κ3) is 10.3. The van der Waals surface area contributed by atoms with Crippen molar-refractivity contribution in [3.05, 3.63) is 71.3 Å². The highest BCUT2D eigenvalue weighted by molar-refractivity contribution is 5.68. The van der Waals surface area contributed by atoms with E-state index in [2.05, 4.69) is 16.0 Å². The molecule has 0 saturated heterocycles. The van der Waals surface area contributed by atoms with E-state index in [4.69, 9.17) is 14.2 Å². The minimum Gasteiger partial charge on any atom is -0.450 e. The Balaban J connectivity index is 1.55. The second-order valence-corrected chi connectivity index (χ2v) is 6.71. The molecule has 3 N–H and O–H groups in total. The smallest absolute Gasteiger partial charge is 0.407 e. The van der Waals surface area contributed by atoms with Gasteiger partial charge >= 0.3 is 18.3 Å². The summed E-state index contributed by atoms with van der Waals surface area (Å²) in [7, 11) is 0. The highest BCUT2D eigenvalue weighted by Gasteiger charge is 2.06. The van der Waals surface area contributed by atoms with Gasteiger partial charge in [-0.15, -0.1) is 0 Å². The van der Waals surface area contributed by atoms with Crippen molar-refractivity contribution in [3.63, 3.8) is 0 Å². The van der Waals surface area contributed by atoms with Crippen LogP contribution in [-0.2, 0) is 33.8 Å². The van der Waals surface area contributed by atoms with Gasteiger partial charge in [0.25, 0.3) is 0 Å². The van der Waals surface area contributed by atoms with Gasteiger partial charge in [0.05, 0.1) is 19.8 Å². The van der Waals surface area contributed by atoms with Gasteiger partial charge in [-0.2, -0.15) is 0 Å². The molecular weight excluding hydrogens is 414 g/mol. The number of ether oxygens (including phenoxy) is 3. The molecule has 0 fully saturated rings. The summed E-state index contributed by atoms with van der Waals surface area (Å²) in [5.74, 6) is 0. The molecule has 0 spiro atoms. The molecule has 0 aliphatic carbocycles. The van der Waals surface area contributed by atoms with Crippen LogP contribution in [0.4, 0.5) is 14.4 Å². The zero-order valence-electron chi connectivity index (χ0n) is 18.1. The van der Waals surface area contributed by atoms with Crippen LogP contribution in [0.3, 0.4) is 0 Å². The Kier molecular flexibility index (Phi) is 10.9. The molecule has 0 aliphatic heterocycles. The maximum atomic E-state index is 11.8. The standard InChI is InChI=1S/C23H29N3O6/c1-2-30-21(27)25-16-19-10-6-11-20(14-19)17-26-23(29)32-13-7-12-31-22(28)24-15-18-8-4-3-5-9-18/h3-6,8-11,14H,2,7,12-13,15-17H2,1H3,(H,24,28)(H,25,27)(H,26,29). The lowest BCUT2D eigenvalue weighted by atomic mass is 10.1. The number of alkyl carbamates (subject to hydrolysis) is 3. The highest BCUT2D eigenvalue weighted by atomic mass is 16.6. The number of carbonyl (C=O) groups is 3. The van der Waals surface area contributed by atoms with Crippen molar-refractivity contribution in [3.8, 4) is 0 Å². The summed E-state index contributed by atoms with van der Waals surface area (Å²) >= 11 is 0. The van der Waals surface area contributed by atoms with Gasteiger partial charge in [-0.05, 0) is 23.6 Å². The molecule has 32 heavy (non-hydrogen) atoms. The minimum absolute atomic E-state index is 0.126. The molecule has 2 rings (SSSR count). The van der Waals surface area contributed by atoms with Gasteiger partial charge in [0, 0.05) is 26.1 Å². The number of hydrogen-bond acceptors (Lipinski definition) is 6. The van der Waals surface area contributed by atoms with Crippen molar-refractivity contribution >= 4 is 18.3 Å². The van der Waals surface area contributed by atoms with Gasteiger partial charge in [-0.1, -0.05) is 54.6 Å². The molecule has 9 heteroatoms. The van der Waals surface area contributed by atoms with Gasteiger partial charge in [0.1, 0.15) is 0 Å². The number of benzene rings is 2. The number of nitrogens with one attached hydrogen (secondary N) is 3. The summed E-state index contributed by atoms with van der Waals surface area (Å²) in [4.78, 5) is 34.8. The molecule has 9 nitrogen and oxygen atoms in total. The lowest BCUT2D eigenvalue weighted by Crippen LogP contribution is -2.26. The van der Waals surface area contributed by atoms with Gasteiger partial charge in [0.2, 0.25) is 0 Å². The molecule has 0 atom stereocenters.